The summed E-state index contributed by atoms with van der Waals surface area (Å²) in [6.45, 7) is 0. The fraction of sp³-hybridized carbons (Fsp3) is 0.600. The van der Waals surface area contributed by atoms with Crippen LogP contribution in [-0.4, -0.2) is 78.4 Å². The molecule has 10 nitrogen and oxygen atoms in total. The van der Waals surface area contributed by atoms with E-state index in [4.69, 9.17) is 21.7 Å². The lowest BCUT2D eigenvalue weighted by molar-refractivity contribution is -0.142. The van der Waals surface area contributed by atoms with Gasteiger partial charge in [0.05, 0.1) is 0 Å². The first kappa shape index (κ1) is 30.5. The molecule has 154 valence electrons. The van der Waals surface area contributed by atoms with E-state index >= 15 is 0 Å². The normalized spacial score (nSPS) is 14.7. The molecule has 0 spiro atoms. The van der Waals surface area contributed by atoms with Gasteiger partial charge in [-0.2, -0.15) is 0 Å². The zero-order valence-electron chi connectivity index (χ0n) is 12.7. The average Bonchev–Trinajstić information content (AvgIpc) is 2.47. The Kier molecular flexibility index (Phi) is 18.5. The second kappa shape index (κ2) is 15.8. The monoisotopic (exact) mass is 492 g/mol. The second-order valence-electron chi connectivity index (χ2n) is 4.17. The van der Waals surface area contributed by atoms with Gasteiger partial charge < -0.3 is 31.9 Å². The molecular formula is C10H18Cl2N2O8S4. The average molecular weight is 493 g/mol. The van der Waals surface area contributed by atoms with Crippen molar-refractivity contribution in [3.05, 3.63) is 0 Å². The standard InChI is InChI=1S/C10H16N2O8S4.2ClH/c11-3(7(13)14)1-21-23-5(9(17)18)6(10(19)20)24-22-2-4(12)8(15)16;;/h3-6H,1-2,11-12H2,(H,13,14)(H,15,16)(H,17,18)(H,19,20);2*1H. The third-order valence-electron chi connectivity index (χ3n) is 2.23. The Hall–Kier alpha value is -0.220. The maximum Gasteiger partial charge on any atom is 0.321 e. The minimum absolute atomic E-state index is 0. The van der Waals surface area contributed by atoms with Crippen molar-refractivity contribution in [3.63, 3.8) is 0 Å². The van der Waals surface area contributed by atoms with Gasteiger partial charge in [-0.1, -0.05) is 43.2 Å². The molecule has 0 aromatic carbocycles. The predicted molar refractivity (Wildman–Crippen MR) is 109 cm³/mol. The maximum absolute atomic E-state index is 11.3. The van der Waals surface area contributed by atoms with Crippen molar-refractivity contribution in [1.82, 2.24) is 0 Å². The van der Waals surface area contributed by atoms with E-state index in [9.17, 15) is 29.4 Å². The molecule has 0 saturated heterocycles. The molecule has 0 aromatic rings. The number of nitrogens with two attached hydrogens (primary N) is 2. The molecule has 0 rings (SSSR count). The molecule has 0 bridgehead atoms. The summed E-state index contributed by atoms with van der Waals surface area (Å²) in [6.07, 6.45) is 0. The molecule has 4 atom stereocenters. The Morgan fingerprint density at radius 2 is 0.923 bits per heavy atom. The molecule has 0 radical (unpaired) electrons. The van der Waals surface area contributed by atoms with Crippen LogP contribution in [0.3, 0.4) is 0 Å². The number of hydrogen-bond donors (Lipinski definition) is 6. The van der Waals surface area contributed by atoms with Gasteiger partial charge in [0.25, 0.3) is 0 Å². The number of carbonyl (C=O) groups is 4. The summed E-state index contributed by atoms with van der Waals surface area (Å²) in [6, 6.07) is -2.40. The topological polar surface area (TPSA) is 201 Å². The van der Waals surface area contributed by atoms with E-state index < -0.39 is 46.5 Å². The Labute approximate surface area is 176 Å². The van der Waals surface area contributed by atoms with Gasteiger partial charge in [0, 0.05) is 11.5 Å². The summed E-state index contributed by atoms with van der Waals surface area (Å²) < 4.78 is 0. The molecule has 0 saturated carbocycles. The summed E-state index contributed by atoms with van der Waals surface area (Å²) in [4.78, 5) is 43.7. The molecule has 8 N–H and O–H groups in total. The van der Waals surface area contributed by atoms with E-state index in [-0.39, 0.29) is 36.3 Å². The molecular weight excluding hydrogens is 475 g/mol. The molecule has 0 aromatic heterocycles. The van der Waals surface area contributed by atoms with Crippen LogP contribution in [0.1, 0.15) is 0 Å². The SMILES string of the molecule is Cl.Cl.NC(CSSC(C(=O)O)C(SSCC(N)C(=O)O)C(=O)O)C(=O)O. The quantitative estimate of drug-likeness (QED) is 0.192. The molecule has 0 amide bonds. The lowest BCUT2D eigenvalue weighted by Crippen LogP contribution is -2.36. The van der Waals surface area contributed by atoms with Gasteiger partial charge in [-0.25, -0.2) is 0 Å². The smallest absolute Gasteiger partial charge is 0.321 e. The lowest BCUT2D eigenvalue weighted by atomic mass is 10.3. The zero-order valence-corrected chi connectivity index (χ0v) is 17.6. The van der Waals surface area contributed by atoms with Crippen LogP contribution in [-0.2, 0) is 19.2 Å². The van der Waals surface area contributed by atoms with Crippen LogP contribution >= 0.6 is 68.0 Å². The number of rotatable bonds is 13. The van der Waals surface area contributed by atoms with Gasteiger partial charge in [-0.3, -0.25) is 19.2 Å². The lowest BCUT2D eigenvalue weighted by Gasteiger charge is -2.19. The summed E-state index contributed by atoms with van der Waals surface area (Å²) in [5.41, 5.74) is 10.6. The van der Waals surface area contributed by atoms with E-state index in [1.807, 2.05) is 0 Å². The highest BCUT2D eigenvalue weighted by molar-refractivity contribution is 8.79. The molecule has 16 heteroatoms. The van der Waals surface area contributed by atoms with E-state index in [0.717, 1.165) is 21.6 Å². The first-order valence-corrected chi connectivity index (χ1v) is 10.8. The number of carboxylic acid groups (broad SMARTS) is 4. The van der Waals surface area contributed by atoms with Crippen molar-refractivity contribution in [1.29, 1.82) is 0 Å². The highest BCUT2D eigenvalue weighted by Gasteiger charge is 2.36. The first-order chi connectivity index (χ1) is 11.1. The predicted octanol–water partition coefficient (Wildman–Crippen LogP) is 0.323. The first-order valence-electron chi connectivity index (χ1n) is 6.06. The van der Waals surface area contributed by atoms with Crippen LogP contribution < -0.4 is 11.5 Å². The highest BCUT2D eigenvalue weighted by atomic mass is 35.5. The third kappa shape index (κ3) is 12.2. The van der Waals surface area contributed by atoms with Crippen LogP contribution in [0, 0.1) is 0 Å². The Morgan fingerprint density at radius 1 is 0.654 bits per heavy atom. The molecule has 0 fully saturated rings. The Morgan fingerprint density at radius 3 is 1.12 bits per heavy atom. The number of carboxylic acids is 4. The zero-order chi connectivity index (χ0) is 18.9. The molecule has 26 heavy (non-hydrogen) atoms. The molecule has 0 aliphatic carbocycles. The largest absolute Gasteiger partial charge is 0.480 e. The fourth-order valence-corrected chi connectivity index (χ4v) is 6.73. The van der Waals surface area contributed by atoms with Crippen LogP contribution in [0.5, 0.6) is 0 Å². The minimum Gasteiger partial charge on any atom is -0.480 e. The van der Waals surface area contributed by atoms with Gasteiger partial charge in [0.1, 0.15) is 22.6 Å². The summed E-state index contributed by atoms with van der Waals surface area (Å²) in [5, 5.41) is 32.9. The van der Waals surface area contributed by atoms with Gasteiger partial charge >= 0.3 is 23.9 Å². The Bertz CT molecular complexity index is 448. The van der Waals surface area contributed by atoms with Crippen LogP contribution in [0.4, 0.5) is 0 Å². The maximum atomic E-state index is 11.3. The second-order valence-corrected chi connectivity index (χ2v) is 9.28. The van der Waals surface area contributed by atoms with Gasteiger partial charge in [0.2, 0.25) is 0 Å². The number of halogens is 2. The Balaban J connectivity index is -0.00000264. The van der Waals surface area contributed by atoms with Crippen molar-refractivity contribution >= 4 is 91.9 Å². The third-order valence-corrected chi connectivity index (χ3v) is 7.91. The van der Waals surface area contributed by atoms with Gasteiger partial charge in [-0.05, 0) is 0 Å². The van der Waals surface area contributed by atoms with E-state index in [2.05, 4.69) is 0 Å². The summed E-state index contributed by atoms with van der Waals surface area (Å²) >= 11 is 0. The van der Waals surface area contributed by atoms with Crippen molar-refractivity contribution in [3.8, 4) is 0 Å². The summed E-state index contributed by atoms with van der Waals surface area (Å²) in [7, 11) is 3.06. The van der Waals surface area contributed by atoms with Crippen molar-refractivity contribution in [2.75, 3.05) is 11.5 Å². The highest BCUT2D eigenvalue weighted by Crippen LogP contribution is 2.38. The van der Waals surface area contributed by atoms with Crippen molar-refractivity contribution < 1.29 is 39.6 Å². The number of hydrogen-bond acceptors (Lipinski definition) is 10. The summed E-state index contributed by atoms with van der Waals surface area (Å²) in [5.74, 6) is -5.48. The van der Waals surface area contributed by atoms with Crippen molar-refractivity contribution in [2.45, 2.75) is 22.6 Å². The molecule has 0 aliphatic rings. The van der Waals surface area contributed by atoms with Crippen LogP contribution in [0.15, 0.2) is 0 Å². The number of aliphatic carboxylic acids is 4. The fourth-order valence-electron chi connectivity index (χ4n) is 0.957. The molecule has 0 heterocycles. The minimum atomic E-state index is -1.39. The van der Waals surface area contributed by atoms with Crippen LogP contribution in [0.25, 0.3) is 0 Å². The van der Waals surface area contributed by atoms with E-state index in [1.54, 1.807) is 0 Å². The van der Waals surface area contributed by atoms with E-state index in [1.165, 1.54) is 0 Å². The molecule has 0 aliphatic heterocycles. The van der Waals surface area contributed by atoms with Crippen LogP contribution in [0.2, 0.25) is 0 Å². The van der Waals surface area contributed by atoms with Gasteiger partial charge in [-0.15, -0.1) is 24.8 Å². The van der Waals surface area contributed by atoms with E-state index in [0.29, 0.717) is 21.6 Å². The van der Waals surface area contributed by atoms with Crippen molar-refractivity contribution in [2.24, 2.45) is 11.5 Å². The molecule has 4 unspecified atom stereocenters. The van der Waals surface area contributed by atoms with Gasteiger partial charge in [0.15, 0.2) is 0 Å².